The Kier molecular flexibility index (Phi) is 6.03. The summed E-state index contributed by atoms with van der Waals surface area (Å²) in [5.41, 5.74) is 1.15. The van der Waals surface area contributed by atoms with E-state index in [1.54, 1.807) is 9.80 Å². The molecule has 0 unspecified atom stereocenters. The van der Waals surface area contributed by atoms with Crippen molar-refractivity contribution in [2.24, 2.45) is 0 Å². The molecule has 0 saturated carbocycles. The zero-order chi connectivity index (χ0) is 20.1. The second kappa shape index (κ2) is 8.65. The van der Waals surface area contributed by atoms with Gasteiger partial charge in [0.25, 0.3) is 5.91 Å². The Labute approximate surface area is 163 Å². The minimum Gasteiger partial charge on any atom is -0.508 e. The first-order valence-corrected chi connectivity index (χ1v) is 9.28. The van der Waals surface area contributed by atoms with Gasteiger partial charge in [-0.1, -0.05) is 12.1 Å². The van der Waals surface area contributed by atoms with E-state index in [9.17, 15) is 19.8 Å². The molecule has 2 aromatic rings. The number of hydrogen-bond donors (Lipinski definition) is 2. The highest BCUT2D eigenvalue weighted by atomic mass is 16.5. The van der Waals surface area contributed by atoms with E-state index in [2.05, 4.69) is 0 Å². The summed E-state index contributed by atoms with van der Waals surface area (Å²) in [5.74, 6) is 0.208. The van der Waals surface area contributed by atoms with E-state index in [1.807, 2.05) is 31.2 Å². The number of amides is 2. The minimum atomic E-state index is -0.273. The summed E-state index contributed by atoms with van der Waals surface area (Å²) < 4.78 is 5.40. The van der Waals surface area contributed by atoms with Crippen LogP contribution in [0.15, 0.2) is 42.5 Å². The molecule has 7 nitrogen and oxygen atoms in total. The average molecular weight is 384 g/mol. The van der Waals surface area contributed by atoms with Gasteiger partial charge in [0.2, 0.25) is 5.91 Å². The highest BCUT2D eigenvalue weighted by Crippen LogP contribution is 2.22. The Balaban J connectivity index is 1.54. The summed E-state index contributed by atoms with van der Waals surface area (Å²) in [4.78, 5) is 28.5. The second-order valence-electron chi connectivity index (χ2n) is 6.66. The highest BCUT2D eigenvalue weighted by molar-refractivity contribution is 5.95. The van der Waals surface area contributed by atoms with Crippen LogP contribution in [0.25, 0.3) is 0 Å². The number of nitrogens with zero attached hydrogens (tertiary/aromatic N) is 2. The fourth-order valence-corrected chi connectivity index (χ4v) is 3.22. The van der Waals surface area contributed by atoms with Crippen molar-refractivity contribution in [3.05, 3.63) is 53.6 Å². The summed E-state index contributed by atoms with van der Waals surface area (Å²) in [7, 11) is 0. The van der Waals surface area contributed by atoms with E-state index in [1.165, 1.54) is 18.2 Å². The standard InChI is InChI=1S/C21H24N2O5/c1-2-28-19-5-3-15(4-6-19)11-20(26)22-7-9-23(10-8-22)21(27)16-12-17(24)14-18(25)13-16/h3-6,12-14,24-25H,2,7-11H2,1H3. The molecule has 148 valence electrons. The quantitative estimate of drug-likeness (QED) is 0.823. The lowest BCUT2D eigenvalue weighted by atomic mass is 10.1. The van der Waals surface area contributed by atoms with Crippen molar-refractivity contribution < 1.29 is 24.5 Å². The molecule has 0 aliphatic carbocycles. The summed E-state index contributed by atoms with van der Waals surface area (Å²) >= 11 is 0. The largest absolute Gasteiger partial charge is 0.508 e. The molecule has 1 aliphatic heterocycles. The molecule has 1 saturated heterocycles. The third-order valence-electron chi connectivity index (χ3n) is 4.66. The SMILES string of the molecule is CCOc1ccc(CC(=O)N2CCN(C(=O)c3cc(O)cc(O)c3)CC2)cc1. The topological polar surface area (TPSA) is 90.3 Å². The van der Waals surface area contributed by atoms with Gasteiger partial charge in [0, 0.05) is 37.8 Å². The van der Waals surface area contributed by atoms with Crippen molar-refractivity contribution in [2.45, 2.75) is 13.3 Å². The summed E-state index contributed by atoms with van der Waals surface area (Å²) in [6, 6.07) is 11.3. The minimum absolute atomic E-state index is 0.0197. The zero-order valence-corrected chi connectivity index (χ0v) is 15.8. The van der Waals surface area contributed by atoms with Gasteiger partial charge in [0.15, 0.2) is 0 Å². The number of phenols is 2. The van der Waals surface area contributed by atoms with E-state index < -0.39 is 0 Å². The molecule has 0 radical (unpaired) electrons. The smallest absolute Gasteiger partial charge is 0.254 e. The molecule has 2 aromatic carbocycles. The van der Waals surface area contributed by atoms with Crippen LogP contribution in [-0.4, -0.2) is 64.6 Å². The molecule has 0 spiro atoms. The van der Waals surface area contributed by atoms with E-state index >= 15 is 0 Å². The lowest BCUT2D eigenvalue weighted by Crippen LogP contribution is -2.51. The van der Waals surface area contributed by atoms with Crippen molar-refractivity contribution in [3.63, 3.8) is 0 Å². The Morgan fingerprint density at radius 2 is 1.50 bits per heavy atom. The predicted octanol–water partition coefficient (Wildman–Crippen LogP) is 2.02. The number of phenolic OH excluding ortho intramolecular Hbond substituents is 2. The molecule has 0 aromatic heterocycles. The first kappa shape index (κ1) is 19.5. The van der Waals surface area contributed by atoms with Gasteiger partial charge in [-0.25, -0.2) is 0 Å². The molecule has 0 atom stereocenters. The van der Waals surface area contributed by atoms with Gasteiger partial charge in [-0.3, -0.25) is 9.59 Å². The Morgan fingerprint density at radius 3 is 2.07 bits per heavy atom. The molecule has 2 N–H and O–H groups in total. The maximum absolute atomic E-state index is 12.5. The predicted molar refractivity (Wildman–Crippen MR) is 104 cm³/mol. The summed E-state index contributed by atoms with van der Waals surface area (Å²) in [5, 5.41) is 19.1. The number of carbonyl (C=O) groups excluding carboxylic acids is 2. The molecule has 7 heteroatoms. The molecular weight excluding hydrogens is 360 g/mol. The Hall–Kier alpha value is -3.22. The number of piperazine rings is 1. The van der Waals surface area contributed by atoms with Gasteiger partial charge in [-0.15, -0.1) is 0 Å². The number of rotatable bonds is 5. The fourth-order valence-electron chi connectivity index (χ4n) is 3.22. The van der Waals surface area contributed by atoms with E-state index in [0.717, 1.165) is 11.3 Å². The number of carbonyl (C=O) groups is 2. The van der Waals surface area contributed by atoms with Crippen LogP contribution < -0.4 is 4.74 Å². The Bertz CT molecular complexity index is 822. The van der Waals surface area contributed by atoms with Crippen LogP contribution in [0.3, 0.4) is 0 Å². The van der Waals surface area contributed by atoms with Crippen LogP contribution in [-0.2, 0) is 11.2 Å². The molecule has 1 aliphatic rings. The number of hydrogen-bond acceptors (Lipinski definition) is 5. The van der Waals surface area contributed by atoms with Gasteiger partial charge in [0.1, 0.15) is 17.2 Å². The lowest BCUT2D eigenvalue weighted by Gasteiger charge is -2.35. The van der Waals surface area contributed by atoms with Crippen molar-refractivity contribution in [1.29, 1.82) is 0 Å². The molecular formula is C21H24N2O5. The summed E-state index contributed by atoms with van der Waals surface area (Å²) in [6.45, 7) is 4.24. The number of ether oxygens (including phenoxy) is 1. The van der Waals surface area contributed by atoms with Gasteiger partial charge in [-0.2, -0.15) is 0 Å². The molecule has 3 rings (SSSR count). The van der Waals surface area contributed by atoms with Gasteiger partial charge in [-0.05, 0) is 36.8 Å². The van der Waals surface area contributed by atoms with E-state index in [-0.39, 0.29) is 28.9 Å². The zero-order valence-electron chi connectivity index (χ0n) is 15.8. The molecule has 1 fully saturated rings. The first-order chi connectivity index (χ1) is 13.5. The average Bonchev–Trinajstić information content (AvgIpc) is 2.68. The Morgan fingerprint density at radius 1 is 0.929 bits per heavy atom. The van der Waals surface area contributed by atoms with Crippen molar-refractivity contribution in [1.82, 2.24) is 9.80 Å². The second-order valence-corrected chi connectivity index (χ2v) is 6.66. The first-order valence-electron chi connectivity index (χ1n) is 9.28. The van der Waals surface area contributed by atoms with Crippen LogP contribution in [0.5, 0.6) is 17.2 Å². The summed E-state index contributed by atoms with van der Waals surface area (Å²) in [6.07, 6.45) is 0.306. The van der Waals surface area contributed by atoms with Gasteiger partial charge >= 0.3 is 0 Å². The maximum Gasteiger partial charge on any atom is 0.254 e. The number of aromatic hydroxyl groups is 2. The highest BCUT2D eigenvalue weighted by Gasteiger charge is 2.25. The third kappa shape index (κ3) is 4.73. The molecule has 1 heterocycles. The van der Waals surface area contributed by atoms with E-state index in [4.69, 9.17) is 4.74 Å². The normalized spacial score (nSPS) is 14.0. The van der Waals surface area contributed by atoms with Crippen molar-refractivity contribution in [2.75, 3.05) is 32.8 Å². The van der Waals surface area contributed by atoms with Crippen LogP contribution in [0.4, 0.5) is 0 Å². The molecule has 2 amide bonds. The van der Waals surface area contributed by atoms with Crippen LogP contribution in [0, 0.1) is 0 Å². The van der Waals surface area contributed by atoms with Crippen molar-refractivity contribution >= 4 is 11.8 Å². The van der Waals surface area contributed by atoms with Gasteiger partial charge < -0.3 is 24.7 Å². The third-order valence-corrected chi connectivity index (χ3v) is 4.66. The fraction of sp³-hybridized carbons (Fsp3) is 0.333. The monoisotopic (exact) mass is 384 g/mol. The van der Waals surface area contributed by atoms with Gasteiger partial charge in [0.05, 0.1) is 13.0 Å². The number of benzene rings is 2. The maximum atomic E-state index is 12.5. The lowest BCUT2D eigenvalue weighted by molar-refractivity contribution is -0.131. The molecule has 0 bridgehead atoms. The van der Waals surface area contributed by atoms with Crippen LogP contribution in [0.1, 0.15) is 22.8 Å². The molecule has 28 heavy (non-hydrogen) atoms. The van der Waals surface area contributed by atoms with Crippen molar-refractivity contribution in [3.8, 4) is 17.2 Å². The van der Waals surface area contributed by atoms with E-state index in [0.29, 0.717) is 39.2 Å². The van der Waals surface area contributed by atoms with Crippen LogP contribution >= 0.6 is 0 Å². The van der Waals surface area contributed by atoms with Crippen LogP contribution in [0.2, 0.25) is 0 Å².